The van der Waals surface area contributed by atoms with Crippen molar-refractivity contribution in [3.05, 3.63) is 47.2 Å². The van der Waals surface area contributed by atoms with Crippen molar-refractivity contribution >= 4 is 5.97 Å². The number of aromatic nitrogens is 1. The molecule has 0 bridgehead atoms. The van der Waals surface area contributed by atoms with Crippen LogP contribution in [0.3, 0.4) is 0 Å². The van der Waals surface area contributed by atoms with E-state index in [-0.39, 0.29) is 0 Å². The molecular formula is C16H17NO2. The maximum Gasteiger partial charge on any atom is 0.352 e. The summed E-state index contributed by atoms with van der Waals surface area (Å²) in [6.07, 6.45) is 2.15. The van der Waals surface area contributed by atoms with Crippen LogP contribution in [0.25, 0.3) is 11.3 Å². The molecule has 3 heteroatoms. The van der Waals surface area contributed by atoms with E-state index in [0.29, 0.717) is 11.7 Å². The molecule has 0 saturated heterocycles. The van der Waals surface area contributed by atoms with E-state index >= 15 is 0 Å². The number of aromatic carboxylic acids is 1. The Morgan fingerprint density at radius 1 is 1.21 bits per heavy atom. The lowest BCUT2D eigenvalue weighted by Crippen LogP contribution is -2.08. The molecule has 0 aliphatic heterocycles. The number of hydrogen-bond acceptors (Lipinski definition) is 1. The molecule has 0 amide bonds. The van der Waals surface area contributed by atoms with Gasteiger partial charge in [-0.05, 0) is 44.4 Å². The SMILES string of the molecule is Cc1ccc(-c2ccc(C(=O)O)n2C2CC2)c(C)c1. The Morgan fingerprint density at radius 3 is 2.53 bits per heavy atom. The quantitative estimate of drug-likeness (QED) is 0.906. The summed E-state index contributed by atoms with van der Waals surface area (Å²) < 4.78 is 1.99. The standard InChI is InChI=1S/C16H17NO2/c1-10-3-6-13(11(2)9-10)14-7-8-15(16(18)19)17(14)12-4-5-12/h3,6-9,12H,4-5H2,1-2H3,(H,18,19). The molecule has 1 aliphatic carbocycles. The van der Waals surface area contributed by atoms with E-state index in [4.69, 9.17) is 0 Å². The van der Waals surface area contributed by atoms with Gasteiger partial charge in [0.25, 0.3) is 0 Å². The first-order valence-corrected chi connectivity index (χ1v) is 6.60. The molecule has 3 nitrogen and oxygen atoms in total. The van der Waals surface area contributed by atoms with Gasteiger partial charge in [0.1, 0.15) is 5.69 Å². The molecule has 98 valence electrons. The van der Waals surface area contributed by atoms with Gasteiger partial charge >= 0.3 is 5.97 Å². The third kappa shape index (κ3) is 2.05. The highest BCUT2D eigenvalue weighted by Crippen LogP contribution is 2.41. The van der Waals surface area contributed by atoms with E-state index in [1.165, 1.54) is 11.1 Å². The predicted octanol–water partition coefficient (Wildman–Crippen LogP) is 3.81. The molecule has 1 N–H and O–H groups in total. The molecule has 0 spiro atoms. The van der Waals surface area contributed by atoms with Crippen molar-refractivity contribution in [1.29, 1.82) is 0 Å². The summed E-state index contributed by atoms with van der Waals surface area (Å²) in [6.45, 7) is 4.15. The number of rotatable bonds is 3. The molecule has 1 saturated carbocycles. The molecule has 1 heterocycles. The molecule has 2 aromatic rings. The van der Waals surface area contributed by atoms with Crippen molar-refractivity contribution in [3.8, 4) is 11.3 Å². The van der Waals surface area contributed by atoms with Gasteiger partial charge in [0.05, 0.1) is 0 Å². The second-order valence-electron chi connectivity index (χ2n) is 5.33. The number of benzene rings is 1. The lowest BCUT2D eigenvalue weighted by Gasteiger charge is -2.13. The van der Waals surface area contributed by atoms with Gasteiger partial charge < -0.3 is 9.67 Å². The Hall–Kier alpha value is -2.03. The molecule has 3 rings (SSSR count). The lowest BCUT2D eigenvalue weighted by atomic mass is 10.0. The fourth-order valence-corrected chi connectivity index (χ4v) is 2.67. The maximum atomic E-state index is 11.3. The van der Waals surface area contributed by atoms with Crippen molar-refractivity contribution in [2.45, 2.75) is 32.7 Å². The molecule has 1 aromatic heterocycles. The van der Waals surface area contributed by atoms with Crippen molar-refractivity contribution in [2.75, 3.05) is 0 Å². The van der Waals surface area contributed by atoms with Crippen LogP contribution in [0.2, 0.25) is 0 Å². The van der Waals surface area contributed by atoms with Crippen molar-refractivity contribution in [2.24, 2.45) is 0 Å². The first kappa shape index (κ1) is 12.0. The van der Waals surface area contributed by atoms with E-state index in [0.717, 1.165) is 24.1 Å². The van der Waals surface area contributed by atoms with Gasteiger partial charge in [-0.25, -0.2) is 4.79 Å². The minimum absolute atomic E-state index is 0.358. The van der Waals surface area contributed by atoms with E-state index in [1.54, 1.807) is 6.07 Å². The number of carbonyl (C=O) groups is 1. The van der Waals surface area contributed by atoms with Gasteiger partial charge in [0, 0.05) is 17.3 Å². The summed E-state index contributed by atoms with van der Waals surface area (Å²) in [5.74, 6) is -0.845. The lowest BCUT2D eigenvalue weighted by molar-refractivity contribution is 0.0685. The van der Waals surface area contributed by atoms with Crippen molar-refractivity contribution < 1.29 is 9.90 Å². The molecular weight excluding hydrogens is 238 g/mol. The van der Waals surface area contributed by atoms with Crippen LogP contribution in [0.5, 0.6) is 0 Å². The summed E-state index contributed by atoms with van der Waals surface area (Å²) in [7, 11) is 0. The Bertz CT molecular complexity index is 651. The largest absolute Gasteiger partial charge is 0.477 e. The number of hydrogen-bond donors (Lipinski definition) is 1. The second kappa shape index (κ2) is 4.26. The topological polar surface area (TPSA) is 42.2 Å². The highest BCUT2D eigenvalue weighted by atomic mass is 16.4. The average molecular weight is 255 g/mol. The molecule has 0 unspecified atom stereocenters. The minimum atomic E-state index is -0.845. The predicted molar refractivity (Wildman–Crippen MR) is 74.6 cm³/mol. The van der Waals surface area contributed by atoms with Crippen LogP contribution in [0.4, 0.5) is 0 Å². The van der Waals surface area contributed by atoms with Crippen molar-refractivity contribution in [3.63, 3.8) is 0 Å². The average Bonchev–Trinajstić information content (AvgIpc) is 3.08. The first-order chi connectivity index (χ1) is 9.08. The Kier molecular flexibility index (Phi) is 2.70. The van der Waals surface area contributed by atoms with Crippen LogP contribution in [0.15, 0.2) is 30.3 Å². The Morgan fingerprint density at radius 2 is 1.95 bits per heavy atom. The first-order valence-electron chi connectivity index (χ1n) is 6.60. The minimum Gasteiger partial charge on any atom is -0.477 e. The van der Waals surface area contributed by atoms with Crippen LogP contribution in [0, 0.1) is 13.8 Å². The zero-order valence-electron chi connectivity index (χ0n) is 11.2. The van der Waals surface area contributed by atoms with Gasteiger partial charge in [-0.1, -0.05) is 23.8 Å². The number of carboxylic acids is 1. The molecule has 1 fully saturated rings. The fourth-order valence-electron chi connectivity index (χ4n) is 2.67. The summed E-state index contributed by atoms with van der Waals surface area (Å²) in [5, 5.41) is 9.30. The van der Waals surface area contributed by atoms with E-state index in [1.807, 2.05) is 10.6 Å². The van der Waals surface area contributed by atoms with Gasteiger partial charge in [-0.2, -0.15) is 0 Å². The van der Waals surface area contributed by atoms with Crippen LogP contribution in [0.1, 0.15) is 40.5 Å². The highest BCUT2D eigenvalue weighted by molar-refractivity contribution is 5.88. The van der Waals surface area contributed by atoms with Crippen LogP contribution >= 0.6 is 0 Å². The smallest absolute Gasteiger partial charge is 0.352 e. The maximum absolute atomic E-state index is 11.3. The Labute approximate surface area is 112 Å². The van der Waals surface area contributed by atoms with E-state index < -0.39 is 5.97 Å². The van der Waals surface area contributed by atoms with Crippen LogP contribution < -0.4 is 0 Å². The third-order valence-electron chi connectivity index (χ3n) is 3.71. The number of nitrogens with zero attached hydrogens (tertiary/aromatic N) is 1. The van der Waals surface area contributed by atoms with Gasteiger partial charge in [0.2, 0.25) is 0 Å². The van der Waals surface area contributed by atoms with Crippen LogP contribution in [-0.2, 0) is 0 Å². The fraction of sp³-hybridized carbons (Fsp3) is 0.312. The second-order valence-corrected chi connectivity index (χ2v) is 5.33. The van der Waals surface area contributed by atoms with E-state index in [2.05, 4.69) is 32.0 Å². The van der Waals surface area contributed by atoms with Crippen molar-refractivity contribution in [1.82, 2.24) is 4.57 Å². The van der Waals surface area contributed by atoms with E-state index in [9.17, 15) is 9.90 Å². The van der Waals surface area contributed by atoms with Gasteiger partial charge in [-0.3, -0.25) is 0 Å². The number of aryl methyl sites for hydroxylation is 2. The van der Waals surface area contributed by atoms with Crippen LogP contribution in [-0.4, -0.2) is 15.6 Å². The highest BCUT2D eigenvalue weighted by Gasteiger charge is 2.30. The molecule has 1 aromatic carbocycles. The third-order valence-corrected chi connectivity index (χ3v) is 3.71. The number of carboxylic acid groups (broad SMARTS) is 1. The Balaban J connectivity index is 2.17. The normalized spacial score (nSPS) is 14.6. The zero-order chi connectivity index (χ0) is 13.6. The summed E-state index contributed by atoms with van der Waals surface area (Å²) in [6, 6.07) is 10.3. The molecule has 0 atom stereocenters. The zero-order valence-corrected chi connectivity index (χ0v) is 11.2. The van der Waals surface area contributed by atoms with Gasteiger partial charge in [0.15, 0.2) is 0 Å². The molecule has 0 radical (unpaired) electrons. The molecule has 19 heavy (non-hydrogen) atoms. The summed E-state index contributed by atoms with van der Waals surface area (Å²) in [5.41, 5.74) is 4.97. The monoisotopic (exact) mass is 255 g/mol. The van der Waals surface area contributed by atoms with Gasteiger partial charge in [-0.15, -0.1) is 0 Å². The summed E-state index contributed by atoms with van der Waals surface area (Å²) in [4.78, 5) is 11.3. The summed E-state index contributed by atoms with van der Waals surface area (Å²) >= 11 is 0. The molecule has 1 aliphatic rings.